The number of rotatable bonds is 4. The molecule has 114 valence electrons. The zero-order chi connectivity index (χ0) is 16.3. The van der Waals surface area contributed by atoms with Gasteiger partial charge in [-0.05, 0) is 52.9 Å². The minimum absolute atomic E-state index is 0.145. The van der Waals surface area contributed by atoms with Crippen LogP contribution < -0.4 is 9.47 Å². The van der Waals surface area contributed by atoms with Gasteiger partial charge in [-0.25, -0.2) is 4.79 Å². The molecule has 0 amide bonds. The molecule has 0 heterocycles. The first-order valence-electron chi connectivity index (χ1n) is 5.96. The highest BCUT2D eigenvalue weighted by molar-refractivity contribution is 14.1. The lowest BCUT2D eigenvalue weighted by Gasteiger charge is -2.12. The Hall–Kier alpha value is -1.31. The van der Waals surface area contributed by atoms with Gasteiger partial charge in [-0.15, -0.1) is 0 Å². The van der Waals surface area contributed by atoms with Crippen LogP contribution in [0.1, 0.15) is 20.7 Å². The predicted octanol–water partition coefficient (Wildman–Crippen LogP) is 4.64. The molecule has 0 saturated heterocycles. The molecule has 0 radical (unpaired) electrons. The maximum absolute atomic E-state index is 12.3. The van der Waals surface area contributed by atoms with Gasteiger partial charge in [-0.3, -0.25) is 4.79 Å². The molecule has 0 aliphatic heterocycles. The summed E-state index contributed by atoms with van der Waals surface area (Å²) in [5.41, 5.74) is 0.563. The monoisotopic (exact) mass is 450 g/mol. The molecule has 0 unspecified atom stereocenters. The highest BCUT2D eigenvalue weighted by atomic mass is 127. The molecule has 0 saturated carbocycles. The molecule has 0 aliphatic rings. The number of hydrogen-bond acceptors (Lipinski definition) is 4. The van der Waals surface area contributed by atoms with E-state index in [4.69, 9.17) is 32.7 Å². The Bertz CT molecular complexity index is 747. The molecule has 2 rings (SSSR count). The van der Waals surface area contributed by atoms with Crippen molar-refractivity contribution in [2.45, 2.75) is 0 Å². The van der Waals surface area contributed by atoms with Crippen molar-refractivity contribution in [3.63, 3.8) is 0 Å². The van der Waals surface area contributed by atoms with Crippen LogP contribution in [0.3, 0.4) is 0 Å². The molecule has 0 bridgehead atoms. The molecule has 4 nitrogen and oxygen atoms in total. The zero-order valence-electron chi connectivity index (χ0n) is 11.2. The van der Waals surface area contributed by atoms with Crippen LogP contribution in [0, 0.1) is 3.57 Å². The van der Waals surface area contributed by atoms with E-state index in [-0.39, 0.29) is 22.1 Å². The third kappa shape index (κ3) is 3.71. The number of carbonyl (C=O) groups excluding carboxylic acids is 2. The van der Waals surface area contributed by atoms with Crippen molar-refractivity contribution < 1.29 is 19.1 Å². The van der Waals surface area contributed by atoms with Crippen LogP contribution in [0.4, 0.5) is 0 Å². The molecule has 0 aromatic heterocycles. The second-order valence-electron chi connectivity index (χ2n) is 4.17. The van der Waals surface area contributed by atoms with Gasteiger partial charge in [0, 0.05) is 10.6 Å². The van der Waals surface area contributed by atoms with Gasteiger partial charge in [0.1, 0.15) is 6.29 Å². The van der Waals surface area contributed by atoms with Crippen molar-refractivity contribution in [3.05, 3.63) is 55.1 Å². The molecule has 2 aromatic rings. The summed E-state index contributed by atoms with van der Waals surface area (Å²) >= 11 is 13.8. The van der Waals surface area contributed by atoms with Gasteiger partial charge in [0.2, 0.25) is 0 Å². The maximum atomic E-state index is 12.3. The van der Waals surface area contributed by atoms with Gasteiger partial charge in [0.15, 0.2) is 11.5 Å². The Morgan fingerprint density at radius 3 is 2.59 bits per heavy atom. The van der Waals surface area contributed by atoms with Gasteiger partial charge < -0.3 is 9.47 Å². The van der Waals surface area contributed by atoms with Crippen molar-refractivity contribution in [2.24, 2.45) is 0 Å². The van der Waals surface area contributed by atoms with Crippen LogP contribution in [-0.2, 0) is 0 Å². The highest BCUT2D eigenvalue weighted by Crippen LogP contribution is 2.34. The summed E-state index contributed by atoms with van der Waals surface area (Å²) in [7, 11) is 1.42. The first-order chi connectivity index (χ1) is 10.5. The van der Waals surface area contributed by atoms with Crippen LogP contribution in [0.5, 0.6) is 11.5 Å². The van der Waals surface area contributed by atoms with E-state index in [9.17, 15) is 9.59 Å². The van der Waals surface area contributed by atoms with E-state index in [0.717, 1.165) is 0 Å². The summed E-state index contributed by atoms with van der Waals surface area (Å²) < 4.78 is 11.1. The molecule has 0 atom stereocenters. The lowest BCUT2D eigenvalue weighted by molar-refractivity contribution is 0.0728. The second-order valence-corrected chi connectivity index (χ2v) is 6.17. The van der Waals surface area contributed by atoms with E-state index in [1.807, 2.05) is 22.6 Å². The summed E-state index contributed by atoms with van der Waals surface area (Å²) in [6, 6.07) is 7.57. The van der Waals surface area contributed by atoms with Crippen molar-refractivity contribution in [1.82, 2.24) is 0 Å². The fourth-order valence-electron chi connectivity index (χ4n) is 1.71. The SMILES string of the molecule is COc1cc(C=O)cc(I)c1OC(=O)c1cc(Cl)ccc1Cl. The van der Waals surface area contributed by atoms with Crippen LogP contribution in [0.15, 0.2) is 30.3 Å². The highest BCUT2D eigenvalue weighted by Gasteiger charge is 2.19. The van der Waals surface area contributed by atoms with Crippen LogP contribution >= 0.6 is 45.8 Å². The molecular formula is C15H9Cl2IO4. The van der Waals surface area contributed by atoms with Crippen LogP contribution in [-0.4, -0.2) is 19.4 Å². The normalized spacial score (nSPS) is 10.2. The predicted molar refractivity (Wildman–Crippen MR) is 92.5 cm³/mol. The minimum atomic E-state index is -0.664. The third-order valence-corrected chi connectivity index (χ3v) is 4.10. The number of benzene rings is 2. The van der Waals surface area contributed by atoms with Gasteiger partial charge >= 0.3 is 5.97 Å². The van der Waals surface area contributed by atoms with Crippen molar-refractivity contribution in [3.8, 4) is 11.5 Å². The Morgan fingerprint density at radius 1 is 1.23 bits per heavy atom. The molecular weight excluding hydrogens is 442 g/mol. The molecule has 0 spiro atoms. The van der Waals surface area contributed by atoms with Crippen LogP contribution in [0.2, 0.25) is 10.0 Å². The molecule has 7 heteroatoms. The van der Waals surface area contributed by atoms with Crippen molar-refractivity contribution in [2.75, 3.05) is 7.11 Å². The molecule has 0 fully saturated rings. The molecule has 0 N–H and O–H groups in total. The number of esters is 1. The summed E-state index contributed by atoms with van der Waals surface area (Å²) in [4.78, 5) is 23.1. The van der Waals surface area contributed by atoms with E-state index >= 15 is 0 Å². The van der Waals surface area contributed by atoms with E-state index < -0.39 is 5.97 Å². The lowest BCUT2D eigenvalue weighted by atomic mass is 10.2. The fourth-order valence-corrected chi connectivity index (χ4v) is 2.81. The summed E-state index contributed by atoms with van der Waals surface area (Å²) in [5.74, 6) is -0.169. The number of halogens is 3. The van der Waals surface area contributed by atoms with E-state index in [0.29, 0.717) is 20.4 Å². The first kappa shape index (κ1) is 17.1. The Labute approximate surface area is 150 Å². The number of aldehydes is 1. The second kappa shape index (κ2) is 7.30. The van der Waals surface area contributed by atoms with Crippen molar-refractivity contribution in [1.29, 1.82) is 0 Å². The van der Waals surface area contributed by atoms with Gasteiger partial charge in [-0.2, -0.15) is 0 Å². The molecule has 2 aromatic carbocycles. The first-order valence-corrected chi connectivity index (χ1v) is 7.79. The van der Waals surface area contributed by atoms with E-state index in [2.05, 4.69) is 0 Å². The number of methoxy groups -OCH3 is 1. The summed E-state index contributed by atoms with van der Waals surface area (Å²) in [6.45, 7) is 0. The van der Waals surface area contributed by atoms with E-state index in [1.165, 1.54) is 25.3 Å². The fraction of sp³-hybridized carbons (Fsp3) is 0.0667. The van der Waals surface area contributed by atoms with Crippen LogP contribution in [0.25, 0.3) is 0 Å². The lowest BCUT2D eigenvalue weighted by Crippen LogP contribution is -2.11. The Balaban J connectivity index is 2.40. The Morgan fingerprint density at radius 2 is 1.95 bits per heavy atom. The summed E-state index contributed by atoms with van der Waals surface area (Å²) in [5, 5.41) is 0.599. The number of hydrogen-bond donors (Lipinski definition) is 0. The smallest absolute Gasteiger partial charge is 0.345 e. The molecule has 0 aliphatic carbocycles. The topological polar surface area (TPSA) is 52.6 Å². The largest absolute Gasteiger partial charge is 0.493 e. The van der Waals surface area contributed by atoms with Gasteiger partial charge in [0.05, 0.1) is 21.3 Å². The third-order valence-electron chi connectivity index (χ3n) is 2.73. The molecule has 22 heavy (non-hydrogen) atoms. The van der Waals surface area contributed by atoms with E-state index in [1.54, 1.807) is 12.1 Å². The zero-order valence-corrected chi connectivity index (χ0v) is 14.9. The standard InChI is InChI=1S/C15H9Cl2IO4/c1-21-13-5-8(7-19)4-12(18)14(13)22-15(20)10-6-9(16)2-3-11(10)17/h2-7H,1H3. The maximum Gasteiger partial charge on any atom is 0.345 e. The average molecular weight is 451 g/mol. The van der Waals surface area contributed by atoms with Crippen molar-refractivity contribution >= 4 is 58.0 Å². The van der Waals surface area contributed by atoms with Gasteiger partial charge in [0.25, 0.3) is 0 Å². The van der Waals surface area contributed by atoms with Gasteiger partial charge in [-0.1, -0.05) is 23.2 Å². The average Bonchev–Trinajstić information content (AvgIpc) is 2.51. The minimum Gasteiger partial charge on any atom is -0.493 e. The number of carbonyl (C=O) groups is 2. The summed E-state index contributed by atoms with van der Waals surface area (Å²) in [6.07, 6.45) is 0.685. The quantitative estimate of drug-likeness (QED) is 0.295. The Kier molecular flexibility index (Phi) is 5.66. The number of ether oxygens (including phenoxy) is 2.